The van der Waals surface area contributed by atoms with E-state index in [9.17, 15) is 23.1 Å². The van der Waals surface area contributed by atoms with E-state index in [1.165, 1.54) is 18.7 Å². The maximum absolute atomic E-state index is 12.9. The molecule has 23 heavy (non-hydrogen) atoms. The van der Waals surface area contributed by atoms with Crippen LogP contribution in [-0.4, -0.2) is 59.7 Å². The molecule has 2 fully saturated rings. The predicted octanol–water partition coefficient (Wildman–Crippen LogP) is 2.29. The number of nitrogens with one attached hydrogen (secondary N) is 1. The molecule has 2 aliphatic rings. The Morgan fingerprint density at radius 3 is 2.43 bits per heavy atom. The van der Waals surface area contributed by atoms with Gasteiger partial charge in [-0.25, -0.2) is 4.79 Å². The van der Waals surface area contributed by atoms with Crippen LogP contribution in [0.25, 0.3) is 0 Å². The maximum atomic E-state index is 12.9. The smallest absolute Gasteiger partial charge is 0.393 e. The number of rotatable bonds is 2. The number of likely N-dealkylation sites (tertiary alicyclic amines) is 1. The summed E-state index contributed by atoms with van der Waals surface area (Å²) in [5.74, 6) is -0.730. The fraction of sp³-hybridized carbons (Fsp3) is 0.933. The summed E-state index contributed by atoms with van der Waals surface area (Å²) in [5.41, 5.74) is -0.435. The number of amides is 2. The first-order chi connectivity index (χ1) is 10.6. The number of aliphatic hydroxyl groups excluding tert-OH is 1. The van der Waals surface area contributed by atoms with Crippen molar-refractivity contribution in [1.29, 1.82) is 0 Å². The Kier molecular flexibility index (Phi) is 5.45. The lowest BCUT2D eigenvalue weighted by Crippen LogP contribution is -2.57. The van der Waals surface area contributed by atoms with Crippen LogP contribution in [0.2, 0.25) is 0 Å². The molecule has 2 heterocycles. The molecule has 0 aliphatic carbocycles. The van der Waals surface area contributed by atoms with Gasteiger partial charge in [0.25, 0.3) is 0 Å². The van der Waals surface area contributed by atoms with Gasteiger partial charge < -0.3 is 20.1 Å². The van der Waals surface area contributed by atoms with Gasteiger partial charge in [-0.2, -0.15) is 13.2 Å². The number of piperidine rings is 1. The average molecular weight is 338 g/mol. The number of hydrogen-bond donors (Lipinski definition) is 2. The highest BCUT2D eigenvalue weighted by atomic mass is 19.4. The number of ether oxygens (including phenoxy) is 1. The fourth-order valence-electron chi connectivity index (χ4n) is 3.32. The van der Waals surface area contributed by atoms with E-state index in [-0.39, 0.29) is 0 Å². The van der Waals surface area contributed by atoms with Crippen molar-refractivity contribution in [3.05, 3.63) is 0 Å². The van der Waals surface area contributed by atoms with Crippen molar-refractivity contribution in [1.82, 2.24) is 10.2 Å². The molecule has 5 nitrogen and oxygen atoms in total. The predicted molar refractivity (Wildman–Crippen MR) is 77.9 cm³/mol. The summed E-state index contributed by atoms with van der Waals surface area (Å²) in [5, 5.41) is 11.9. The number of carbonyl (C=O) groups excluding carboxylic acids is 1. The van der Waals surface area contributed by atoms with Gasteiger partial charge in [0.05, 0.1) is 11.7 Å². The summed E-state index contributed by atoms with van der Waals surface area (Å²) >= 11 is 0. The minimum atomic E-state index is -4.46. The third kappa shape index (κ3) is 4.50. The minimum Gasteiger partial charge on any atom is -0.393 e. The molecule has 2 N–H and O–H groups in total. The van der Waals surface area contributed by atoms with Gasteiger partial charge in [0.1, 0.15) is 6.04 Å². The molecule has 0 aromatic carbocycles. The summed E-state index contributed by atoms with van der Waals surface area (Å²) in [4.78, 5) is 13.5. The Hall–Kier alpha value is -1.02. The summed E-state index contributed by atoms with van der Waals surface area (Å²) in [6.45, 7) is 4.01. The van der Waals surface area contributed by atoms with Gasteiger partial charge in [-0.3, -0.25) is 0 Å². The van der Waals surface area contributed by atoms with Gasteiger partial charge in [0.2, 0.25) is 0 Å². The zero-order valence-corrected chi connectivity index (χ0v) is 13.5. The second kappa shape index (κ2) is 6.84. The molecule has 8 heteroatoms. The topological polar surface area (TPSA) is 61.8 Å². The van der Waals surface area contributed by atoms with E-state index < -0.39 is 35.9 Å². The maximum Gasteiger partial charge on any atom is 0.408 e. The lowest BCUT2D eigenvalue weighted by atomic mass is 9.83. The van der Waals surface area contributed by atoms with Gasteiger partial charge in [0.15, 0.2) is 0 Å². The number of nitrogens with zero attached hydrogens (tertiary/aromatic N) is 1. The first-order valence-electron chi connectivity index (χ1n) is 8.07. The first-order valence-corrected chi connectivity index (χ1v) is 8.07. The van der Waals surface area contributed by atoms with E-state index in [0.717, 1.165) is 0 Å². The molecular weight excluding hydrogens is 313 g/mol. The van der Waals surface area contributed by atoms with Crippen molar-refractivity contribution in [2.24, 2.45) is 5.92 Å². The van der Waals surface area contributed by atoms with Gasteiger partial charge in [-0.05, 0) is 25.2 Å². The van der Waals surface area contributed by atoms with Crippen LogP contribution < -0.4 is 5.32 Å². The van der Waals surface area contributed by atoms with Crippen LogP contribution in [0.3, 0.4) is 0 Å². The molecule has 1 spiro atoms. The Morgan fingerprint density at radius 2 is 1.96 bits per heavy atom. The zero-order valence-electron chi connectivity index (χ0n) is 13.5. The number of urea groups is 1. The van der Waals surface area contributed by atoms with Crippen LogP contribution in [0, 0.1) is 5.92 Å². The molecule has 0 radical (unpaired) electrons. The second-order valence-electron chi connectivity index (χ2n) is 6.88. The molecule has 2 amide bonds. The molecule has 0 saturated carbocycles. The Labute approximate surface area is 134 Å². The van der Waals surface area contributed by atoms with Crippen LogP contribution >= 0.6 is 0 Å². The molecule has 1 unspecified atom stereocenters. The van der Waals surface area contributed by atoms with Crippen molar-refractivity contribution in [3.8, 4) is 0 Å². The summed E-state index contributed by atoms with van der Waals surface area (Å²) < 4.78 is 44.6. The molecule has 2 rings (SSSR count). The third-order valence-electron chi connectivity index (χ3n) is 4.73. The highest BCUT2D eigenvalue weighted by Gasteiger charge is 2.45. The van der Waals surface area contributed by atoms with E-state index in [1.807, 2.05) is 0 Å². The standard InChI is InChI=1S/C15H25F3N2O3/c1-10(2)12(15(16,17)18)19-13(22)20-6-4-14(5-7-20)9-11(21)3-8-23-14/h10-12,21H,3-9H2,1-2H3,(H,19,22)/t11?,12-/m0/s1. The Morgan fingerprint density at radius 1 is 1.35 bits per heavy atom. The summed E-state index contributed by atoms with van der Waals surface area (Å²) in [6.07, 6.45) is -2.66. The summed E-state index contributed by atoms with van der Waals surface area (Å²) in [6, 6.07) is -2.54. The van der Waals surface area contributed by atoms with E-state index in [0.29, 0.717) is 45.4 Å². The Balaban J connectivity index is 1.90. The van der Waals surface area contributed by atoms with Crippen LogP contribution in [0.5, 0.6) is 0 Å². The van der Waals surface area contributed by atoms with Gasteiger partial charge in [-0.15, -0.1) is 0 Å². The largest absolute Gasteiger partial charge is 0.408 e. The normalized spacial score (nSPS) is 26.4. The van der Waals surface area contributed by atoms with Crippen molar-refractivity contribution >= 4 is 6.03 Å². The molecule has 0 bridgehead atoms. The highest BCUT2D eigenvalue weighted by molar-refractivity contribution is 5.74. The fourth-order valence-corrected chi connectivity index (χ4v) is 3.32. The van der Waals surface area contributed by atoms with Crippen molar-refractivity contribution in [3.63, 3.8) is 0 Å². The van der Waals surface area contributed by atoms with Crippen molar-refractivity contribution in [2.75, 3.05) is 19.7 Å². The number of hydrogen-bond acceptors (Lipinski definition) is 3. The second-order valence-corrected chi connectivity index (χ2v) is 6.88. The van der Waals surface area contributed by atoms with Crippen molar-refractivity contribution < 1.29 is 27.8 Å². The van der Waals surface area contributed by atoms with Gasteiger partial charge in [-0.1, -0.05) is 13.8 Å². The quantitative estimate of drug-likeness (QED) is 0.812. The molecular formula is C15H25F3N2O3. The highest BCUT2D eigenvalue weighted by Crippen LogP contribution is 2.35. The number of aliphatic hydroxyl groups is 1. The molecule has 0 aromatic rings. The lowest BCUT2D eigenvalue weighted by Gasteiger charge is -2.45. The number of halogens is 3. The molecule has 2 atom stereocenters. The summed E-state index contributed by atoms with van der Waals surface area (Å²) in [7, 11) is 0. The van der Waals surface area contributed by atoms with Gasteiger partial charge in [0, 0.05) is 26.1 Å². The monoisotopic (exact) mass is 338 g/mol. The van der Waals surface area contributed by atoms with Crippen LogP contribution in [0.4, 0.5) is 18.0 Å². The van der Waals surface area contributed by atoms with E-state index in [1.54, 1.807) is 0 Å². The molecule has 0 aromatic heterocycles. The van der Waals surface area contributed by atoms with Gasteiger partial charge >= 0.3 is 12.2 Å². The third-order valence-corrected chi connectivity index (χ3v) is 4.73. The minimum absolute atomic E-state index is 0.335. The average Bonchev–Trinajstić information content (AvgIpc) is 2.43. The van der Waals surface area contributed by atoms with Crippen LogP contribution in [0.1, 0.15) is 39.5 Å². The van der Waals surface area contributed by atoms with Crippen molar-refractivity contribution in [2.45, 2.75) is 63.5 Å². The molecule has 134 valence electrons. The first kappa shape index (κ1) is 18.3. The zero-order chi connectivity index (χ0) is 17.3. The Bertz CT molecular complexity index is 421. The van der Waals surface area contributed by atoms with E-state index >= 15 is 0 Å². The SMILES string of the molecule is CC(C)[C@H](NC(=O)N1CCC2(CC1)CC(O)CCO2)C(F)(F)F. The molecule has 2 saturated heterocycles. The number of alkyl halides is 3. The lowest BCUT2D eigenvalue weighted by molar-refractivity contribution is -0.163. The number of carbonyl (C=O) groups is 1. The molecule has 2 aliphatic heterocycles. The van der Waals surface area contributed by atoms with E-state index in [4.69, 9.17) is 4.74 Å². The van der Waals surface area contributed by atoms with E-state index in [2.05, 4.69) is 5.32 Å². The van der Waals surface area contributed by atoms with Crippen LogP contribution in [-0.2, 0) is 4.74 Å². The van der Waals surface area contributed by atoms with Crippen LogP contribution in [0.15, 0.2) is 0 Å².